The van der Waals surface area contributed by atoms with Crippen LogP contribution in [0.2, 0.25) is 0 Å². The van der Waals surface area contributed by atoms with Gasteiger partial charge in [0.2, 0.25) is 0 Å². The number of fused-ring (bicyclic) bond motifs is 1. The molecule has 0 radical (unpaired) electrons. The lowest BCUT2D eigenvalue weighted by Gasteiger charge is -2.36. The molecule has 1 saturated heterocycles. The number of nitrogens with zero attached hydrogens (tertiary/aromatic N) is 3. The van der Waals surface area contributed by atoms with Gasteiger partial charge in [-0.3, -0.25) is 4.90 Å². The van der Waals surface area contributed by atoms with Gasteiger partial charge < -0.3 is 9.47 Å². The van der Waals surface area contributed by atoms with Gasteiger partial charge in [0.05, 0.1) is 0 Å². The molecule has 3 nitrogen and oxygen atoms in total. The zero-order valence-electron chi connectivity index (χ0n) is 16.0. The predicted molar refractivity (Wildman–Crippen MR) is 111 cm³/mol. The highest BCUT2D eigenvalue weighted by Gasteiger charge is 2.17. The lowest BCUT2D eigenvalue weighted by molar-refractivity contribution is 0.255. The molecule has 0 atom stereocenters. The molecular formula is C23H29N3. The van der Waals surface area contributed by atoms with E-state index in [0.717, 1.165) is 13.1 Å². The van der Waals surface area contributed by atoms with Crippen LogP contribution in [-0.4, -0.2) is 42.2 Å². The summed E-state index contributed by atoms with van der Waals surface area (Å²) in [4.78, 5) is 5.13. The van der Waals surface area contributed by atoms with Crippen LogP contribution in [0.5, 0.6) is 0 Å². The summed E-state index contributed by atoms with van der Waals surface area (Å²) in [5.41, 5.74) is 5.67. The second-order valence-corrected chi connectivity index (χ2v) is 7.41. The Bertz CT molecular complexity index is 858. The summed E-state index contributed by atoms with van der Waals surface area (Å²) in [7, 11) is 2.18. The maximum Gasteiger partial charge on any atom is 0.0482 e. The summed E-state index contributed by atoms with van der Waals surface area (Å²) in [6.07, 6.45) is 2.41. The van der Waals surface area contributed by atoms with Crippen molar-refractivity contribution < 1.29 is 0 Å². The van der Waals surface area contributed by atoms with E-state index < -0.39 is 0 Å². The van der Waals surface area contributed by atoms with Crippen molar-refractivity contribution in [1.82, 2.24) is 9.47 Å². The van der Waals surface area contributed by atoms with Crippen molar-refractivity contribution in [3.05, 3.63) is 65.9 Å². The van der Waals surface area contributed by atoms with E-state index in [1.54, 1.807) is 0 Å². The first-order chi connectivity index (χ1) is 12.7. The van der Waals surface area contributed by atoms with Gasteiger partial charge in [0.1, 0.15) is 0 Å². The summed E-state index contributed by atoms with van der Waals surface area (Å²) in [6, 6.07) is 19.6. The Morgan fingerprint density at radius 3 is 2.31 bits per heavy atom. The van der Waals surface area contributed by atoms with Crippen molar-refractivity contribution in [3.8, 4) is 0 Å². The molecular weight excluding hydrogens is 318 g/mol. The fraction of sp³-hybridized carbons (Fsp3) is 0.391. The van der Waals surface area contributed by atoms with E-state index in [-0.39, 0.29) is 0 Å². The van der Waals surface area contributed by atoms with E-state index in [4.69, 9.17) is 0 Å². The van der Waals surface area contributed by atoms with Crippen molar-refractivity contribution in [2.24, 2.45) is 7.05 Å². The Balaban J connectivity index is 1.32. The molecule has 1 aliphatic heterocycles. The van der Waals surface area contributed by atoms with Crippen LogP contribution in [0.3, 0.4) is 0 Å². The van der Waals surface area contributed by atoms with Crippen molar-refractivity contribution >= 4 is 16.6 Å². The molecule has 0 saturated carbocycles. The Labute approximate surface area is 156 Å². The SMILES string of the molecule is Cc1c(CCCN2CCN(c3ccccc3)CC2)c2ccccc2n1C. The number of rotatable bonds is 5. The van der Waals surface area contributed by atoms with Crippen LogP contribution in [0.25, 0.3) is 10.9 Å². The van der Waals surface area contributed by atoms with Crippen molar-refractivity contribution in [2.75, 3.05) is 37.6 Å². The zero-order valence-corrected chi connectivity index (χ0v) is 16.0. The smallest absolute Gasteiger partial charge is 0.0482 e. The molecule has 2 aromatic carbocycles. The molecule has 0 unspecified atom stereocenters. The maximum atomic E-state index is 2.62. The van der Waals surface area contributed by atoms with Crippen LogP contribution < -0.4 is 4.90 Å². The molecule has 1 fully saturated rings. The number of aromatic nitrogens is 1. The maximum absolute atomic E-state index is 2.62. The monoisotopic (exact) mass is 347 g/mol. The molecule has 26 heavy (non-hydrogen) atoms. The van der Waals surface area contributed by atoms with Gasteiger partial charge >= 0.3 is 0 Å². The van der Waals surface area contributed by atoms with Gasteiger partial charge in [0.15, 0.2) is 0 Å². The Morgan fingerprint density at radius 2 is 1.54 bits per heavy atom. The van der Waals surface area contributed by atoms with Gasteiger partial charge in [-0.25, -0.2) is 0 Å². The highest BCUT2D eigenvalue weighted by molar-refractivity contribution is 5.85. The Hall–Kier alpha value is -2.26. The zero-order chi connectivity index (χ0) is 17.9. The number of para-hydroxylation sites is 2. The minimum absolute atomic E-state index is 1.14. The summed E-state index contributed by atoms with van der Waals surface area (Å²) in [5.74, 6) is 0. The minimum atomic E-state index is 1.14. The molecule has 0 amide bonds. The third kappa shape index (κ3) is 3.36. The van der Waals surface area contributed by atoms with E-state index in [1.165, 1.54) is 60.3 Å². The van der Waals surface area contributed by atoms with Crippen LogP contribution in [0.4, 0.5) is 5.69 Å². The Kier molecular flexibility index (Phi) is 4.98. The number of benzene rings is 2. The van der Waals surface area contributed by atoms with Crippen LogP contribution >= 0.6 is 0 Å². The van der Waals surface area contributed by atoms with E-state index in [2.05, 4.69) is 82.9 Å². The molecule has 3 heteroatoms. The van der Waals surface area contributed by atoms with E-state index in [1.807, 2.05) is 0 Å². The molecule has 1 aromatic heterocycles. The van der Waals surface area contributed by atoms with Gasteiger partial charge in [0, 0.05) is 55.5 Å². The number of anilines is 1. The average molecular weight is 348 g/mol. The van der Waals surface area contributed by atoms with E-state index in [0.29, 0.717) is 0 Å². The molecule has 4 rings (SSSR count). The molecule has 136 valence electrons. The Morgan fingerprint density at radius 1 is 0.846 bits per heavy atom. The second kappa shape index (κ2) is 7.55. The van der Waals surface area contributed by atoms with Gasteiger partial charge in [-0.2, -0.15) is 0 Å². The normalized spacial score (nSPS) is 15.7. The first-order valence-electron chi connectivity index (χ1n) is 9.79. The van der Waals surface area contributed by atoms with Crippen molar-refractivity contribution in [1.29, 1.82) is 0 Å². The van der Waals surface area contributed by atoms with Crippen LogP contribution in [-0.2, 0) is 13.5 Å². The van der Waals surface area contributed by atoms with Gasteiger partial charge in [-0.05, 0) is 50.1 Å². The first kappa shape index (κ1) is 17.2. The van der Waals surface area contributed by atoms with Crippen LogP contribution in [0, 0.1) is 6.92 Å². The standard InChI is InChI=1S/C23H29N3/c1-19-21(22-11-6-7-13-23(22)24(19)2)12-8-14-25-15-17-26(18-16-25)20-9-4-3-5-10-20/h3-7,9-11,13H,8,12,14-18H2,1-2H3. The summed E-state index contributed by atoms with van der Waals surface area (Å²) >= 11 is 0. The molecule has 0 spiro atoms. The summed E-state index contributed by atoms with van der Waals surface area (Å²) in [5, 5.41) is 1.43. The van der Waals surface area contributed by atoms with Gasteiger partial charge in [-0.15, -0.1) is 0 Å². The summed E-state index contributed by atoms with van der Waals surface area (Å²) < 4.78 is 2.34. The van der Waals surface area contributed by atoms with E-state index in [9.17, 15) is 0 Å². The van der Waals surface area contributed by atoms with E-state index >= 15 is 0 Å². The third-order valence-corrected chi connectivity index (χ3v) is 5.93. The molecule has 0 N–H and O–H groups in total. The molecule has 2 heterocycles. The third-order valence-electron chi connectivity index (χ3n) is 5.93. The fourth-order valence-corrected chi connectivity index (χ4v) is 4.26. The van der Waals surface area contributed by atoms with Crippen LogP contribution in [0.1, 0.15) is 17.7 Å². The molecule has 3 aromatic rings. The quantitative estimate of drug-likeness (QED) is 0.684. The van der Waals surface area contributed by atoms with Crippen molar-refractivity contribution in [3.63, 3.8) is 0 Å². The highest BCUT2D eigenvalue weighted by atomic mass is 15.3. The van der Waals surface area contributed by atoms with Gasteiger partial charge in [0.25, 0.3) is 0 Å². The largest absolute Gasteiger partial charge is 0.369 e. The second-order valence-electron chi connectivity index (χ2n) is 7.41. The molecule has 0 aliphatic carbocycles. The number of hydrogen-bond acceptors (Lipinski definition) is 2. The minimum Gasteiger partial charge on any atom is -0.369 e. The lowest BCUT2D eigenvalue weighted by Crippen LogP contribution is -2.46. The molecule has 0 bridgehead atoms. The number of aryl methyl sites for hydroxylation is 2. The fourth-order valence-electron chi connectivity index (χ4n) is 4.26. The predicted octanol–water partition coefficient (Wildman–Crippen LogP) is 4.24. The number of hydrogen-bond donors (Lipinski definition) is 0. The summed E-state index contributed by atoms with van der Waals surface area (Å²) in [6.45, 7) is 8.07. The first-order valence-corrected chi connectivity index (χ1v) is 9.79. The lowest BCUT2D eigenvalue weighted by atomic mass is 10.1. The van der Waals surface area contributed by atoms with Crippen LogP contribution in [0.15, 0.2) is 54.6 Å². The highest BCUT2D eigenvalue weighted by Crippen LogP contribution is 2.26. The van der Waals surface area contributed by atoms with Crippen molar-refractivity contribution in [2.45, 2.75) is 19.8 Å². The molecule has 1 aliphatic rings. The number of piperazine rings is 1. The topological polar surface area (TPSA) is 11.4 Å². The average Bonchev–Trinajstić information content (AvgIpc) is 2.94. The van der Waals surface area contributed by atoms with Gasteiger partial charge in [-0.1, -0.05) is 36.4 Å².